The van der Waals surface area contributed by atoms with Gasteiger partial charge in [0.15, 0.2) is 0 Å². The molecule has 0 aromatic rings. The van der Waals surface area contributed by atoms with Crippen molar-refractivity contribution in [3.63, 3.8) is 0 Å². The van der Waals surface area contributed by atoms with E-state index in [0.29, 0.717) is 32.5 Å². The zero-order valence-corrected chi connectivity index (χ0v) is 29.6. The quantitative estimate of drug-likeness (QED) is 0.216. The Morgan fingerprint density at radius 1 is 0.898 bits per heavy atom. The summed E-state index contributed by atoms with van der Waals surface area (Å²) < 4.78 is 0. The number of hydrogen-bond donors (Lipinski definition) is 4. The van der Waals surface area contributed by atoms with Gasteiger partial charge >= 0.3 is 0 Å². The summed E-state index contributed by atoms with van der Waals surface area (Å²) in [5.41, 5.74) is -0.542. The topological polar surface area (TPSA) is 178 Å². The number of nitrogens with one attached hydrogen (secondary N) is 4. The van der Waals surface area contributed by atoms with Crippen molar-refractivity contribution in [2.24, 2.45) is 33.2 Å². The van der Waals surface area contributed by atoms with Crippen molar-refractivity contribution in [2.45, 2.75) is 135 Å². The highest BCUT2D eigenvalue weighted by molar-refractivity contribution is 6.61. The lowest BCUT2D eigenvalue weighted by molar-refractivity contribution is -0.146. The van der Waals surface area contributed by atoms with Crippen LogP contribution in [0.5, 0.6) is 0 Å². The zero-order chi connectivity index (χ0) is 35.3. The molecule has 13 heteroatoms. The number of carbonyl (C=O) groups excluding carboxylic acids is 6. The van der Waals surface area contributed by atoms with Gasteiger partial charge < -0.3 is 26.2 Å². The average Bonchev–Trinajstić information content (AvgIpc) is 3.65. The molecule has 1 saturated heterocycles. The largest absolute Gasteiger partial charge is 0.347 e. The van der Waals surface area contributed by atoms with E-state index in [1.807, 2.05) is 27.7 Å². The van der Waals surface area contributed by atoms with E-state index in [1.54, 1.807) is 4.90 Å². The van der Waals surface area contributed by atoms with Gasteiger partial charge in [0, 0.05) is 12.6 Å². The predicted octanol–water partition coefficient (Wildman–Crippen LogP) is 1.87. The number of ketones is 1. The van der Waals surface area contributed by atoms with Gasteiger partial charge in [-0.05, 0) is 68.1 Å². The first-order chi connectivity index (χ1) is 23.4. The Labute approximate surface area is 289 Å². The molecule has 0 spiro atoms. The van der Waals surface area contributed by atoms with Crippen molar-refractivity contribution in [3.05, 3.63) is 0 Å². The second-order valence-corrected chi connectivity index (χ2v) is 15.7. The van der Waals surface area contributed by atoms with Gasteiger partial charge in [0.1, 0.15) is 23.8 Å². The molecule has 3 saturated carbocycles. The number of carbonyl (C=O) groups is 6. The van der Waals surface area contributed by atoms with Crippen LogP contribution < -0.4 is 21.3 Å². The number of aliphatic imine (C=N–C) groups is 2. The molecule has 0 bridgehead atoms. The first-order valence-electron chi connectivity index (χ1n) is 18.5. The molecule has 0 radical (unpaired) electrons. The molecular formula is C36H55N7O6. The summed E-state index contributed by atoms with van der Waals surface area (Å²) in [5, 5.41) is 11.5. The van der Waals surface area contributed by atoms with E-state index in [4.69, 9.17) is 0 Å². The van der Waals surface area contributed by atoms with Crippen molar-refractivity contribution < 1.29 is 28.8 Å². The summed E-state index contributed by atoms with van der Waals surface area (Å²) >= 11 is 0. The van der Waals surface area contributed by atoms with Gasteiger partial charge in [0.25, 0.3) is 11.8 Å². The molecule has 270 valence electrons. The lowest BCUT2D eigenvalue weighted by Gasteiger charge is -2.38. The number of Topliss-reactive ketones (excluding diaryl/α,β-unsaturated/α-hetero) is 1. The van der Waals surface area contributed by atoms with Gasteiger partial charge in [-0.2, -0.15) is 0 Å². The first kappa shape index (κ1) is 36.6. The molecule has 3 aliphatic carbocycles. The zero-order valence-electron chi connectivity index (χ0n) is 29.6. The van der Waals surface area contributed by atoms with E-state index in [-0.39, 0.29) is 35.4 Å². The Morgan fingerprint density at radius 2 is 1.63 bits per heavy atom. The van der Waals surface area contributed by atoms with Crippen molar-refractivity contribution in [1.82, 2.24) is 26.2 Å². The Bertz CT molecular complexity index is 1350. The molecule has 6 unspecified atom stereocenters. The minimum atomic E-state index is -0.983. The Balaban J connectivity index is 1.35. The monoisotopic (exact) mass is 681 g/mol. The van der Waals surface area contributed by atoms with Gasteiger partial charge in [0.2, 0.25) is 23.5 Å². The van der Waals surface area contributed by atoms with Crippen LogP contribution in [0.15, 0.2) is 9.98 Å². The third kappa shape index (κ3) is 8.94. The third-order valence-electron chi connectivity index (χ3n) is 10.8. The molecule has 4 fully saturated rings. The Hall–Kier alpha value is -3.64. The van der Waals surface area contributed by atoms with Gasteiger partial charge in [-0.3, -0.25) is 38.8 Å². The molecule has 2 aliphatic heterocycles. The maximum atomic E-state index is 14.6. The minimum Gasteiger partial charge on any atom is -0.347 e. The normalized spacial score (nSPS) is 25.8. The molecule has 6 atom stereocenters. The smallest absolute Gasteiger partial charge is 0.289 e. The molecule has 0 aromatic carbocycles. The van der Waals surface area contributed by atoms with Gasteiger partial charge in [-0.1, -0.05) is 59.8 Å². The molecule has 49 heavy (non-hydrogen) atoms. The standard InChI is InChI=1S/C36H55N7O6/c1-5-10-25(29(44)34(48)39-23-15-16-23)40-33(47)28-24-14-9-13-22(24)20-43(28)35(49)30(36(2,3)4)42-32(46)27(21-11-7-6-8-12-21)41-31(45)26-19-37-17-18-38-26/h19,21-25,27-28,30H,5-18,20H2,1-4H3,(H,39,48)(H,40,47)(H,41,45)(H,42,46). The van der Waals surface area contributed by atoms with Crippen molar-refractivity contribution in [3.8, 4) is 0 Å². The highest BCUT2D eigenvalue weighted by Crippen LogP contribution is 2.43. The molecule has 0 aromatic heterocycles. The first-order valence-corrected chi connectivity index (χ1v) is 18.5. The lowest BCUT2D eigenvalue weighted by atomic mass is 9.82. The van der Waals surface area contributed by atoms with Gasteiger partial charge in [-0.15, -0.1) is 0 Å². The van der Waals surface area contributed by atoms with E-state index in [1.165, 1.54) is 6.21 Å². The summed E-state index contributed by atoms with van der Waals surface area (Å²) in [4.78, 5) is 91.8. The maximum Gasteiger partial charge on any atom is 0.289 e. The lowest BCUT2D eigenvalue weighted by Crippen LogP contribution is -2.62. The molecule has 4 N–H and O–H groups in total. The summed E-state index contributed by atoms with van der Waals surface area (Å²) in [5.74, 6) is -3.08. The summed E-state index contributed by atoms with van der Waals surface area (Å²) in [7, 11) is 0. The Kier molecular flexibility index (Phi) is 11.9. The molecule has 5 rings (SSSR count). The number of rotatable bonds is 13. The van der Waals surface area contributed by atoms with E-state index >= 15 is 0 Å². The van der Waals surface area contributed by atoms with Gasteiger partial charge in [0.05, 0.1) is 25.3 Å². The number of nitrogens with zero attached hydrogens (tertiary/aromatic N) is 3. The molecule has 2 heterocycles. The number of fused-ring (bicyclic) bond motifs is 1. The average molecular weight is 682 g/mol. The summed E-state index contributed by atoms with van der Waals surface area (Å²) in [6.45, 7) is 8.81. The molecule has 5 amide bonds. The molecule has 13 nitrogen and oxygen atoms in total. The number of likely N-dealkylation sites (tertiary alicyclic amines) is 1. The SMILES string of the molecule is CCCC(NC(=O)C1C2CCCC2CN1C(=O)C(NC(=O)C(NC(=O)C1=NCCN=C1)C1CCCCC1)C(C)(C)C)C(=O)C(=O)NC1CC1. The van der Waals surface area contributed by atoms with Crippen LogP contribution in [0.3, 0.4) is 0 Å². The van der Waals surface area contributed by atoms with Crippen LogP contribution >= 0.6 is 0 Å². The highest BCUT2D eigenvalue weighted by Gasteiger charge is 2.52. The summed E-state index contributed by atoms with van der Waals surface area (Å²) in [6.07, 6.45) is 11.1. The second-order valence-electron chi connectivity index (χ2n) is 15.7. The highest BCUT2D eigenvalue weighted by atomic mass is 16.2. The van der Waals surface area contributed by atoms with E-state index in [9.17, 15) is 28.8 Å². The van der Waals surface area contributed by atoms with Crippen molar-refractivity contribution >= 4 is 47.2 Å². The molecule has 5 aliphatic rings. The van der Waals surface area contributed by atoms with E-state index in [0.717, 1.165) is 64.2 Å². The van der Waals surface area contributed by atoms with Crippen LogP contribution in [0.4, 0.5) is 0 Å². The fourth-order valence-corrected chi connectivity index (χ4v) is 8.00. The van der Waals surface area contributed by atoms with Crippen LogP contribution in [-0.2, 0) is 28.8 Å². The van der Waals surface area contributed by atoms with Crippen LogP contribution in [0.25, 0.3) is 0 Å². The second kappa shape index (κ2) is 15.9. The number of amides is 5. The van der Waals surface area contributed by atoms with Crippen LogP contribution in [0, 0.1) is 23.2 Å². The van der Waals surface area contributed by atoms with Crippen molar-refractivity contribution in [1.29, 1.82) is 0 Å². The van der Waals surface area contributed by atoms with Crippen LogP contribution in [-0.4, -0.2) is 102 Å². The van der Waals surface area contributed by atoms with Gasteiger partial charge in [-0.25, -0.2) is 0 Å². The summed E-state index contributed by atoms with van der Waals surface area (Å²) in [6, 6.07) is -3.63. The van der Waals surface area contributed by atoms with Crippen molar-refractivity contribution in [2.75, 3.05) is 19.6 Å². The van der Waals surface area contributed by atoms with Crippen LogP contribution in [0.1, 0.15) is 105 Å². The van der Waals surface area contributed by atoms with E-state index in [2.05, 4.69) is 31.3 Å². The maximum absolute atomic E-state index is 14.6. The fourth-order valence-electron chi connectivity index (χ4n) is 8.00. The third-order valence-corrected chi connectivity index (χ3v) is 10.8. The Morgan fingerprint density at radius 3 is 2.27 bits per heavy atom. The predicted molar refractivity (Wildman–Crippen MR) is 185 cm³/mol. The minimum absolute atomic E-state index is 0.0158. The fraction of sp³-hybridized carbons (Fsp3) is 0.778. The molecular weight excluding hydrogens is 626 g/mol. The van der Waals surface area contributed by atoms with Crippen LogP contribution in [0.2, 0.25) is 0 Å². The number of hydrogen-bond acceptors (Lipinski definition) is 8. The van der Waals surface area contributed by atoms with E-state index < -0.39 is 59.0 Å².